The Labute approximate surface area is 186 Å². The number of carbonyl (C=O) groups is 1. The van der Waals surface area contributed by atoms with Crippen molar-refractivity contribution in [3.8, 4) is 0 Å². The number of nitrogens with one attached hydrogen (secondary N) is 1. The molecule has 160 valence electrons. The Morgan fingerprint density at radius 2 is 1.81 bits per heavy atom. The molecule has 1 fully saturated rings. The lowest BCUT2D eigenvalue weighted by Crippen LogP contribution is -2.28. The summed E-state index contributed by atoms with van der Waals surface area (Å²) in [5.41, 5.74) is 3.39. The standard InChI is InChI=1S/C26H24N4O2/c1-17-8-9-22-15-20(10-11-21(22)14-17)18(2)28-25-27-13-12-24(29-25)30-23(16-32-26(30)31)19-6-4-3-5-7-19/h3-15,18,23H,16H2,1-2H3,(H,27,28,29)/t18-,23-/m0/s1. The second-order valence-electron chi connectivity index (χ2n) is 8.09. The molecule has 0 aliphatic carbocycles. The van der Waals surface area contributed by atoms with E-state index in [1.165, 1.54) is 16.3 Å². The molecule has 1 N–H and O–H groups in total. The number of carbonyl (C=O) groups excluding carboxylic acids is 1. The first-order valence-corrected chi connectivity index (χ1v) is 10.7. The van der Waals surface area contributed by atoms with Crippen molar-refractivity contribution in [1.29, 1.82) is 0 Å². The van der Waals surface area contributed by atoms with E-state index in [0.717, 1.165) is 11.1 Å². The van der Waals surface area contributed by atoms with Gasteiger partial charge in [-0.15, -0.1) is 0 Å². The molecule has 1 aromatic heterocycles. The SMILES string of the molecule is Cc1ccc2cc([C@H](C)Nc3nccc(N4C(=O)OC[C@H]4c4ccccc4)n3)ccc2c1. The Morgan fingerprint density at radius 3 is 2.66 bits per heavy atom. The van der Waals surface area contributed by atoms with Gasteiger partial charge in [0.2, 0.25) is 5.95 Å². The number of nitrogens with zero attached hydrogens (tertiary/aromatic N) is 3. The maximum atomic E-state index is 12.5. The number of aromatic nitrogens is 2. The smallest absolute Gasteiger partial charge is 0.416 e. The molecule has 0 unspecified atom stereocenters. The van der Waals surface area contributed by atoms with Crippen LogP contribution in [-0.4, -0.2) is 22.7 Å². The van der Waals surface area contributed by atoms with Crippen molar-refractivity contribution >= 4 is 28.6 Å². The van der Waals surface area contributed by atoms with Crippen LogP contribution in [0.15, 0.2) is 79.0 Å². The highest BCUT2D eigenvalue weighted by Crippen LogP contribution is 2.32. The van der Waals surface area contributed by atoms with Gasteiger partial charge in [0.15, 0.2) is 0 Å². The van der Waals surface area contributed by atoms with Crippen molar-refractivity contribution in [2.75, 3.05) is 16.8 Å². The molecule has 5 rings (SSSR count). The fourth-order valence-corrected chi connectivity index (χ4v) is 4.08. The lowest BCUT2D eigenvalue weighted by molar-refractivity contribution is 0.179. The minimum atomic E-state index is -0.402. The fraction of sp³-hybridized carbons (Fsp3) is 0.192. The maximum Gasteiger partial charge on any atom is 0.416 e. The Morgan fingerprint density at radius 1 is 1.03 bits per heavy atom. The van der Waals surface area contributed by atoms with E-state index in [-0.39, 0.29) is 12.1 Å². The van der Waals surface area contributed by atoms with Crippen molar-refractivity contribution in [2.45, 2.75) is 25.9 Å². The molecule has 2 heterocycles. The zero-order valence-corrected chi connectivity index (χ0v) is 18.0. The molecule has 4 aromatic rings. The molecule has 0 radical (unpaired) electrons. The molecule has 6 heteroatoms. The first-order chi connectivity index (χ1) is 15.6. The number of rotatable bonds is 5. The van der Waals surface area contributed by atoms with Gasteiger partial charge in [0.05, 0.1) is 6.04 Å². The quantitative estimate of drug-likeness (QED) is 0.438. The topological polar surface area (TPSA) is 67.4 Å². The number of amides is 1. The van der Waals surface area contributed by atoms with Crippen molar-refractivity contribution in [2.24, 2.45) is 0 Å². The summed E-state index contributed by atoms with van der Waals surface area (Å²) in [5, 5.41) is 5.78. The molecule has 1 saturated heterocycles. The Hall–Kier alpha value is -3.93. The predicted octanol–water partition coefficient (Wildman–Crippen LogP) is 5.81. The third kappa shape index (κ3) is 3.87. The van der Waals surface area contributed by atoms with Crippen molar-refractivity contribution < 1.29 is 9.53 Å². The molecule has 32 heavy (non-hydrogen) atoms. The van der Waals surface area contributed by atoms with Gasteiger partial charge in [0.25, 0.3) is 0 Å². The summed E-state index contributed by atoms with van der Waals surface area (Å²) in [5.74, 6) is 0.977. The van der Waals surface area contributed by atoms with Gasteiger partial charge < -0.3 is 10.1 Å². The van der Waals surface area contributed by atoms with Crippen LogP contribution in [0.2, 0.25) is 0 Å². The predicted molar refractivity (Wildman–Crippen MR) is 126 cm³/mol. The van der Waals surface area contributed by atoms with Crippen LogP contribution in [0, 0.1) is 6.92 Å². The zero-order chi connectivity index (χ0) is 22.1. The number of ether oxygens (including phenoxy) is 1. The summed E-state index contributed by atoms with van der Waals surface area (Å²) in [4.78, 5) is 23.1. The third-order valence-corrected chi connectivity index (χ3v) is 5.81. The summed E-state index contributed by atoms with van der Waals surface area (Å²) in [6.45, 7) is 4.46. The number of hydrogen-bond acceptors (Lipinski definition) is 5. The highest BCUT2D eigenvalue weighted by Gasteiger charge is 2.36. The van der Waals surface area contributed by atoms with E-state index in [1.54, 1.807) is 17.2 Å². The fourth-order valence-electron chi connectivity index (χ4n) is 4.08. The highest BCUT2D eigenvalue weighted by atomic mass is 16.6. The monoisotopic (exact) mass is 424 g/mol. The van der Waals surface area contributed by atoms with Gasteiger partial charge in [-0.3, -0.25) is 4.90 Å². The first-order valence-electron chi connectivity index (χ1n) is 10.7. The maximum absolute atomic E-state index is 12.5. The summed E-state index contributed by atoms with van der Waals surface area (Å²) in [7, 11) is 0. The highest BCUT2D eigenvalue weighted by molar-refractivity contribution is 5.89. The minimum absolute atomic E-state index is 0.00796. The van der Waals surface area contributed by atoms with Crippen LogP contribution in [-0.2, 0) is 4.74 Å². The van der Waals surface area contributed by atoms with Crippen molar-refractivity contribution in [3.05, 3.63) is 95.7 Å². The molecule has 0 spiro atoms. The molecular formula is C26H24N4O2. The van der Waals surface area contributed by atoms with Crippen LogP contribution in [0.1, 0.15) is 35.7 Å². The molecule has 3 aromatic carbocycles. The Kier molecular flexibility index (Phi) is 5.19. The van der Waals surface area contributed by atoms with Crippen LogP contribution < -0.4 is 10.2 Å². The Balaban J connectivity index is 1.39. The molecule has 1 amide bonds. The van der Waals surface area contributed by atoms with Gasteiger partial charge in [-0.05, 0) is 47.9 Å². The molecule has 2 atom stereocenters. The van der Waals surface area contributed by atoms with Crippen LogP contribution in [0.3, 0.4) is 0 Å². The van der Waals surface area contributed by atoms with Crippen LogP contribution in [0.4, 0.5) is 16.6 Å². The minimum Gasteiger partial charge on any atom is -0.447 e. The van der Waals surface area contributed by atoms with Crippen LogP contribution >= 0.6 is 0 Å². The Bertz CT molecular complexity index is 1280. The number of cyclic esters (lactones) is 1. The molecule has 1 aliphatic heterocycles. The first kappa shape index (κ1) is 20.0. The van der Waals surface area contributed by atoms with E-state index >= 15 is 0 Å². The number of benzene rings is 3. The number of anilines is 2. The largest absolute Gasteiger partial charge is 0.447 e. The normalized spacial score (nSPS) is 16.8. The number of hydrogen-bond donors (Lipinski definition) is 1. The van der Waals surface area contributed by atoms with Gasteiger partial charge in [-0.2, -0.15) is 4.98 Å². The molecule has 0 saturated carbocycles. The number of aryl methyl sites for hydroxylation is 1. The molecular weight excluding hydrogens is 400 g/mol. The van der Waals surface area contributed by atoms with Gasteiger partial charge in [-0.25, -0.2) is 9.78 Å². The lowest BCUT2D eigenvalue weighted by atomic mass is 10.0. The summed E-state index contributed by atoms with van der Waals surface area (Å²) in [6.07, 6.45) is 1.26. The molecule has 1 aliphatic rings. The van der Waals surface area contributed by atoms with E-state index in [1.807, 2.05) is 30.3 Å². The summed E-state index contributed by atoms with van der Waals surface area (Å²) in [6, 6.07) is 24.2. The molecule has 0 bridgehead atoms. The van der Waals surface area contributed by atoms with Crippen LogP contribution in [0.5, 0.6) is 0 Å². The van der Waals surface area contributed by atoms with E-state index in [9.17, 15) is 4.79 Å². The summed E-state index contributed by atoms with van der Waals surface area (Å²) >= 11 is 0. The van der Waals surface area contributed by atoms with E-state index in [4.69, 9.17) is 4.74 Å². The molecule has 6 nitrogen and oxygen atoms in total. The average Bonchev–Trinajstić information content (AvgIpc) is 3.21. The van der Waals surface area contributed by atoms with Crippen molar-refractivity contribution in [1.82, 2.24) is 9.97 Å². The average molecular weight is 425 g/mol. The van der Waals surface area contributed by atoms with E-state index < -0.39 is 6.09 Å². The van der Waals surface area contributed by atoms with E-state index in [0.29, 0.717) is 18.4 Å². The van der Waals surface area contributed by atoms with Crippen LogP contribution in [0.25, 0.3) is 10.8 Å². The second kappa shape index (κ2) is 8.30. The van der Waals surface area contributed by atoms with Gasteiger partial charge in [0, 0.05) is 6.20 Å². The zero-order valence-electron chi connectivity index (χ0n) is 18.0. The van der Waals surface area contributed by atoms with Crippen molar-refractivity contribution in [3.63, 3.8) is 0 Å². The van der Waals surface area contributed by atoms with Gasteiger partial charge >= 0.3 is 6.09 Å². The second-order valence-corrected chi connectivity index (χ2v) is 8.09. The van der Waals surface area contributed by atoms with Gasteiger partial charge in [0.1, 0.15) is 18.5 Å². The lowest BCUT2D eigenvalue weighted by Gasteiger charge is -2.21. The van der Waals surface area contributed by atoms with E-state index in [2.05, 4.69) is 65.5 Å². The third-order valence-electron chi connectivity index (χ3n) is 5.81. The number of fused-ring (bicyclic) bond motifs is 1. The summed E-state index contributed by atoms with van der Waals surface area (Å²) < 4.78 is 5.33. The van der Waals surface area contributed by atoms with Gasteiger partial charge in [-0.1, -0.05) is 66.2 Å².